The topological polar surface area (TPSA) is 69.0 Å². The van der Waals surface area contributed by atoms with Crippen LogP contribution in [-0.4, -0.2) is 34.1 Å². The summed E-state index contributed by atoms with van der Waals surface area (Å²) in [6, 6.07) is 7.42. The molecule has 0 spiro atoms. The van der Waals surface area contributed by atoms with E-state index >= 15 is 0 Å². The van der Waals surface area contributed by atoms with Crippen LogP contribution in [0.4, 0.5) is 0 Å². The van der Waals surface area contributed by atoms with E-state index < -0.39 is 0 Å². The summed E-state index contributed by atoms with van der Waals surface area (Å²) in [5.41, 5.74) is 2.92. The number of benzene rings is 1. The molecule has 1 aromatic heterocycles. The summed E-state index contributed by atoms with van der Waals surface area (Å²) in [7, 11) is 1.65. The lowest BCUT2D eigenvalue weighted by Gasteiger charge is -2.19. The maximum Gasteiger partial charge on any atom is 0.251 e. The number of halogens is 1. The molecule has 1 unspecified atom stereocenters. The van der Waals surface area contributed by atoms with Crippen molar-refractivity contribution in [3.8, 4) is 0 Å². The van der Waals surface area contributed by atoms with Crippen LogP contribution in [0.2, 0.25) is 5.02 Å². The number of nitrogens with one attached hydrogen (secondary N) is 1. The molecular weight excluding hydrogens is 364 g/mol. The monoisotopic (exact) mass is 386 g/mol. The summed E-state index contributed by atoms with van der Waals surface area (Å²) in [4.78, 5) is 12.5. The molecule has 1 amide bonds. The highest BCUT2D eigenvalue weighted by Gasteiger charge is 2.53. The van der Waals surface area contributed by atoms with Crippen LogP contribution in [0, 0.1) is 11.8 Å². The van der Waals surface area contributed by atoms with E-state index in [1.807, 2.05) is 10.9 Å². The maximum atomic E-state index is 12.5. The molecule has 0 radical (unpaired) electrons. The van der Waals surface area contributed by atoms with Gasteiger partial charge in [-0.05, 0) is 43.0 Å². The van der Waals surface area contributed by atoms with Crippen molar-refractivity contribution < 1.29 is 9.53 Å². The fourth-order valence-corrected chi connectivity index (χ4v) is 4.24. The lowest BCUT2D eigenvalue weighted by molar-refractivity contribution is 0.0930. The molecule has 0 aliphatic heterocycles. The lowest BCUT2D eigenvalue weighted by atomic mass is 10.0. The van der Waals surface area contributed by atoms with Gasteiger partial charge in [0, 0.05) is 29.7 Å². The molecule has 4 atom stereocenters. The second-order valence-corrected chi connectivity index (χ2v) is 7.66. The van der Waals surface area contributed by atoms with Gasteiger partial charge in [0.2, 0.25) is 0 Å². The molecule has 1 heterocycles. The Balaban J connectivity index is 1.39. The van der Waals surface area contributed by atoms with Gasteiger partial charge in [-0.25, -0.2) is 4.68 Å². The molecule has 1 fully saturated rings. The first-order chi connectivity index (χ1) is 13.1. The van der Waals surface area contributed by atoms with Crippen molar-refractivity contribution in [3.05, 3.63) is 58.4 Å². The Labute approximate surface area is 163 Å². The van der Waals surface area contributed by atoms with Crippen molar-refractivity contribution in [1.29, 1.82) is 0 Å². The average molecular weight is 387 g/mol. The van der Waals surface area contributed by atoms with E-state index in [0.29, 0.717) is 29.0 Å². The number of allylic oxidation sites excluding steroid dienone is 1. The zero-order chi connectivity index (χ0) is 19.0. The molecule has 7 heteroatoms. The zero-order valence-corrected chi connectivity index (χ0v) is 16.2. The predicted octanol–water partition coefficient (Wildman–Crippen LogP) is 3.40. The first-order valence-electron chi connectivity index (χ1n) is 9.28. The highest BCUT2D eigenvalue weighted by atomic mass is 35.5. The minimum absolute atomic E-state index is 0.0406. The van der Waals surface area contributed by atoms with Crippen LogP contribution in [0.1, 0.15) is 41.9 Å². The van der Waals surface area contributed by atoms with Gasteiger partial charge >= 0.3 is 0 Å². The predicted molar refractivity (Wildman–Crippen MR) is 102 cm³/mol. The van der Waals surface area contributed by atoms with Gasteiger partial charge < -0.3 is 10.1 Å². The molecule has 4 rings (SSSR count). The summed E-state index contributed by atoms with van der Waals surface area (Å²) >= 11 is 5.90. The SMILES string of the molecule is CCC(NC(=O)c1ccc(Cl)cc1)[C@H]1C2=C[C@H](n3cc(COC)nn3)C[C@@H]21. The first-order valence-corrected chi connectivity index (χ1v) is 9.66. The van der Waals surface area contributed by atoms with Gasteiger partial charge in [0.1, 0.15) is 5.69 Å². The molecule has 142 valence electrons. The second kappa shape index (κ2) is 7.44. The maximum absolute atomic E-state index is 12.5. The van der Waals surface area contributed by atoms with E-state index in [1.165, 1.54) is 5.57 Å². The van der Waals surface area contributed by atoms with E-state index in [2.05, 4.69) is 28.6 Å². The molecule has 2 aliphatic carbocycles. The van der Waals surface area contributed by atoms with Gasteiger partial charge in [-0.3, -0.25) is 4.79 Å². The molecule has 6 nitrogen and oxygen atoms in total. The summed E-state index contributed by atoms with van der Waals surface area (Å²) in [6.07, 6.45) is 6.16. The Kier molecular flexibility index (Phi) is 5.02. The molecule has 27 heavy (non-hydrogen) atoms. The van der Waals surface area contributed by atoms with Gasteiger partial charge in [0.05, 0.1) is 18.8 Å². The minimum Gasteiger partial charge on any atom is -0.378 e. The van der Waals surface area contributed by atoms with Crippen LogP contribution >= 0.6 is 11.6 Å². The number of hydrogen-bond acceptors (Lipinski definition) is 4. The van der Waals surface area contributed by atoms with Crippen LogP contribution in [-0.2, 0) is 11.3 Å². The molecule has 1 N–H and O–H groups in total. The van der Waals surface area contributed by atoms with Gasteiger partial charge in [-0.2, -0.15) is 0 Å². The zero-order valence-electron chi connectivity index (χ0n) is 15.4. The van der Waals surface area contributed by atoms with E-state index in [9.17, 15) is 4.79 Å². The van der Waals surface area contributed by atoms with E-state index in [-0.39, 0.29) is 18.0 Å². The number of aromatic nitrogens is 3. The number of nitrogens with zero attached hydrogens (tertiary/aromatic N) is 3. The van der Waals surface area contributed by atoms with Crippen LogP contribution in [0.5, 0.6) is 0 Å². The molecule has 2 aromatic rings. The third-order valence-electron chi connectivity index (χ3n) is 5.50. The van der Waals surface area contributed by atoms with Crippen molar-refractivity contribution in [1.82, 2.24) is 20.3 Å². The average Bonchev–Trinajstić information content (AvgIpc) is 3.03. The lowest BCUT2D eigenvalue weighted by Crippen LogP contribution is -2.36. The number of fused-ring (bicyclic) bond motifs is 1. The number of methoxy groups -OCH3 is 1. The highest BCUT2D eigenvalue weighted by Crippen LogP contribution is 2.58. The van der Waals surface area contributed by atoms with Crippen molar-refractivity contribution in [3.63, 3.8) is 0 Å². The molecule has 1 saturated carbocycles. The van der Waals surface area contributed by atoms with E-state index in [0.717, 1.165) is 18.5 Å². The third kappa shape index (κ3) is 3.64. The van der Waals surface area contributed by atoms with Gasteiger partial charge in [0.25, 0.3) is 5.91 Å². The molecule has 2 aliphatic rings. The fraction of sp³-hybridized carbons (Fsp3) is 0.450. The standard InChI is InChI=1S/C20H23ClN4O2/c1-3-18(22-20(26)12-4-6-13(21)7-5-12)19-16-8-15(9-17(16)19)25-10-14(11-27-2)23-24-25/h4-8,10,15,17-19H,3,9,11H2,1-2H3,(H,22,26)/t15-,17-,18?,19-/m0/s1. The van der Waals surface area contributed by atoms with Crippen molar-refractivity contribution in [2.45, 2.75) is 38.5 Å². The second-order valence-electron chi connectivity index (χ2n) is 7.22. The van der Waals surface area contributed by atoms with Crippen LogP contribution in [0.3, 0.4) is 0 Å². The van der Waals surface area contributed by atoms with Crippen LogP contribution in [0.15, 0.2) is 42.1 Å². The van der Waals surface area contributed by atoms with Gasteiger partial charge in [-0.1, -0.05) is 35.4 Å². The highest BCUT2D eigenvalue weighted by molar-refractivity contribution is 6.30. The summed E-state index contributed by atoms with van der Waals surface area (Å²) in [5, 5.41) is 12.2. The number of carbonyl (C=O) groups excluding carboxylic acids is 1. The minimum atomic E-state index is -0.0406. The Morgan fingerprint density at radius 2 is 2.19 bits per heavy atom. The number of hydrogen-bond donors (Lipinski definition) is 1. The summed E-state index contributed by atoms with van der Waals surface area (Å²) in [6.45, 7) is 2.59. The normalized spacial score (nSPS) is 24.3. The summed E-state index contributed by atoms with van der Waals surface area (Å²) in [5.74, 6) is 0.922. The van der Waals surface area contributed by atoms with Crippen molar-refractivity contribution in [2.75, 3.05) is 7.11 Å². The molecular formula is C20H23ClN4O2. The summed E-state index contributed by atoms with van der Waals surface area (Å²) < 4.78 is 7.01. The Morgan fingerprint density at radius 3 is 2.81 bits per heavy atom. The molecule has 0 saturated heterocycles. The smallest absolute Gasteiger partial charge is 0.251 e. The quantitative estimate of drug-likeness (QED) is 0.740. The molecule has 1 aromatic carbocycles. The van der Waals surface area contributed by atoms with Gasteiger partial charge in [0.15, 0.2) is 0 Å². The number of ether oxygens (including phenoxy) is 1. The van der Waals surface area contributed by atoms with Crippen LogP contribution in [0.25, 0.3) is 0 Å². The Hall–Kier alpha value is -2.18. The Morgan fingerprint density at radius 1 is 1.41 bits per heavy atom. The number of amides is 1. The van der Waals surface area contributed by atoms with E-state index in [1.54, 1.807) is 31.4 Å². The largest absolute Gasteiger partial charge is 0.378 e. The fourth-order valence-electron chi connectivity index (χ4n) is 4.12. The van der Waals surface area contributed by atoms with Crippen molar-refractivity contribution >= 4 is 17.5 Å². The molecule has 0 bridgehead atoms. The first kappa shape index (κ1) is 18.2. The number of carbonyl (C=O) groups is 1. The number of rotatable bonds is 7. The van der Waals surface area contributed by atoms with Gasteiger partial charge in [-0.15, -0.1) is 5.10 Å². The van der Waals surface area contributed by atoms with Crippen LogP contribution < -0.4 is 5.32 Å². The third-order valence-corrected chi connectivity index (χ3v) is 5.76. The van der Waals surface area contributed by atoms with Crippen molar-refractivity contribution in [2.24, 2.45) is 11.8 Å². The Bertz CT molecular complexity index is 861. The van der Waals surface area contributed by atoms with E-state index in [4.69, 9.17) is 16.3 Å².